The number of imidazole rings is 1. The monoisotopic (exact) mass is 527 g/mol. The number of fused-ring (bicyclic) bond motifs is 2. The Bertz CT molecular complexity index is 1670. The van der Waals surface area contributed by atoms with Crippen molar-refractivity contribution >= 4 is 39.3 Å². The summed E-state index contributed by atoms with van der Waals surface area (Å²) in [5, 5.41) is 4.58. The van der Waals surface area contributed by atoms with Gasteiger partial charge in [0.25, 0.3) is 0 Å². The van der Waals surface area contributed by atoms with Crippen LogP contribution < -0.4 is 11.1 Å². The molecule has 1 amide bonds. The Hall–Kier alpha value is -4.66. The molecule has 0 spiro atoms. The topological polar surface area (TPSA) is 103 Å². The van der Waals surface area contributed by atoms with Crippen LogP contribution in [0.1, 0.15) is 24.0 Å². The molecule has 0 fully saturated rings. The van der Waals surface area contributed by atoms with Crippen LogP contribution in [0.15, 0.2) is 79.3 Å². The average Bonchev–Trinajstić information content (AvgIpc) is 3.35. The molecule has 0 aliphatic carbocycles. The van der Waals surface area contributed by atoms with Crippen LogP contribution in [0, 0.1) is 11.6 Å². The predicted octanol–water partition coefficient (Wildman–Crippen LogP) is 4.76. The van der Waals surface area contributed by atoms with Crippen LogP contribution >= 0.6 is 0 Å². The number of hydrogen-bond donors (Lipinski definition) is 2. The molecule has 39 heavy (non-hydrogen) atoms. The number of nitrogens with two attached hydrogens (primary N) is 1. The Labute approximate surface area is 223 Å². The van der Waals surface area contributed by atoms with E-state index >= 15 is 0 Å². The second-order valence-corrected chi connectivity index (χ2v) is 9.47. The number of amides is 1. The van der Waals surface area contributed by atoms with E-state index in [0.29, 0.717) is 24.3 Å². The van der Waals surface area contributed by atoms with Gasteiger partial charge in [-0.1, -0.05) is 36.4 Å². The fourth-order valence-electron chi connectivity index (χ4n) is 4.67. The van der Waals surface area contributed by atoms with Gasteiger partial charge >= 0.3 is 0 Å². The third kappa shape index (κ3) is 6.09. The van der Waals surface area contributed by atoms with Crippen molar-refractivity contribution in [3.8, 4) is 0 Å². The molecule has 0 bridgehead atoms. The molecule has 0 aliphatic heterocycles. The summed E-state index contributed by atoms with van der Waals surface area (Å²) in [6.07, 6.45) is 4.09. The minimum absolute atomic E-state index is 0.0513. The predicted molar refractivity (Wildman–Crippen MR) is 146 cm³/mol. The van der Waals surface area contributed by atoms with Crippen molar-refractivity contribution < 1.29 is 18.4 Å². The molecule has 3 N–H and O–H groups in total. The van der Waals surface area contributed by atoms with Crippen molar-refractivity contribution in [3.05, 3.63) is 102 Å². The number of anilines is 1. The van der Waals surface area contributed by atoms with E-state index in [0.717, 1.165) is 39.5 Å². The SMILES string of the molecule is Nc1nccc2cc(CCC(=O)[C@H](Cc3ccc(F)c(F)c3)NC(=O)CCn3cnc4ccccc43)ccc12. The molecule has 0 radical (unpaired) electrons. The molecule has 9 heteroatoms. The van der Waals surface area contributed by atoms with Crippen LogP contribution in [-0.4, -0.2) is 32.3 Å². The third-order valence-electron chi connectivity index (χ3n) is 6.77. The molecule has 0 saturated heterocycles. The fourth-order valence-corrected chi connectivity index (χ4v) is 4.67. The first kappa shape index (κ1) is 26.0. The number of nitrogens with one attached hydrogen (secondary N) is 1. The zero-order chi connectivity index (χ0) is 27.4. The summed E-state index contributed by atoms with van der Waals surface area (Å²) >= 11 is 0. The number of carbonyl (C=O) groups excluding carboxylic acids is 2. The van der Waals surface area contributed by atoms with E-state index in [2.05, 4.69) is 15.3 Å². The summed E-state index contributed by atoms with van der Waals surface area (Å²) in [5.41, 5.74) is 9.03. The van der Waals surface area contributed by atoms with Crippen molar-refractivity contribution in [1.82, 2.24) is 19.9 Å². The fraction of sp³-hybridized carbons (Fsp3) is 0.200. The number of para-hydroxylation sites is 2. The smallest absolute Gasteiger partial charge is 0.222 e. The van der Waals surface area contributed by atoms with Crippen LogP contribution in [0.2, 0.25) is 0 Å². The van der Waals surface area contributed by atoms with Gasteiger partial charge in [0.1, 0.15) is 5.82 Å². The highest BCUT2D eigenvalue weighted by Gasteiger charge is 2.22. The van der Waals surface area contributed by atoms with Gasteiger partial charge in [-0.25, -0.2) is 18.7 Å². The number of nitrogens with zero attached hydrogens (tertiary/aromatic N) is 3. The Morgan fingerprint density at radius 2 is 1.74 bits per heavy atom. The van der Waals surface area contributed by atoms with Gasteiger partial charge in [-0.15, -0.1) is 0 Å². The minimum atomic E-state index is -0.998. The largest absolute Gasteiger partial charge is 0.383 e. The Morgan fingerprint density at radius 1 is 0.923 bits per heavy atom. The highest BCUT2D eigenvalue weighted by atomic mass is 19.2. The molecule has 0 unspecified atom stereocenters. The van der Waals surface area contributed by atoms with Gasteiger partial charge in [0.05, 0.1) is 23.4 Å². The summed E-state index contributed by atoms with van der Waals surface area (Å²) in [5.74, 6) is -2.04. The number of carbonyl (C=O) groups is 2. The van der Waals surface area contributed by atoms with E-state index in [9.17, 15) is 18.4 Å². The van der Waals surface area contributed by atoms with Gasteiger partial charge in [-0.2, -0.15) is 0 Å². The summed E-state index contributed by atoms with van der Waals surface area (Å²) in [4.78, 5) is 34.6. The first-order valence-corrected chi connectivity index (χ1v) is 12.7. The second kappa shape index (κ2) is 11.4. The maximum atomic E-state index is 13.9. The van der Waals surface area contributed by atoms with Crippen molar-refractivity contribution in [3.63, 3.8) is 0 Å². The Morgan fingerprint density at radius 3 is 2.59 bits per heavy atom. The normalized spacial score (nSPS) is 12.1. The summed E-state index contributed by atoms with van der Waals surface area (Å²) in [6.45, 7) is 0.382. The summed E-state index contributed by atoms with van der Waals surface area (Å²) in [6, 6.07) is 17.8. The van der Waals surface area contributed by atoms with Crippen LogP contribution in [0.5, 0.6) is 0 Å². The maximum absolute atomic E-state index is 13.9. The minimum Gasteiger partial charge on any atom is -0.383 e. The van der Waals surface area contributed by atoms with E-state index in [1.54, 1.807) is 12.5 Å². The lowest BCUT2D eigenvalue weighted by molar-refractivity contribution is -0.127. The van der Waals surface area contributed by atoms with Gasteiger partial charge in [0.2, 0.25) is 5.91 Å². The molecular weight excluding hydrogens is 500 g/mol. The van der Waals surface area contributed by atoms with E-state index < -0.39 is 17.7 Å². The number of halogens is 2. The molecule has 198 valence electrons. The van der Waals surface area contributed by atoms with Gasteiger partial charge < -0.3 is 15.6 Å². The van der Waals surface area contributed by atoms with E-state index in [4.69, 9.17) is 5.73 Å². The molecule has 3 aromatic carbocycles. The van der Waals surface area contributed by atoms with Crippen molar-refractivity contribution in [2.75, 3.05) is 5.73 Å². The lowest BCUT2D eigenvalue weighted by atomic mass is 9.96. The first-order chi connectivity index (χ1) is 18.9. The zero-order valence-electron chi connectivity index (χ0n) is 21.1. The molecule has 2 heterocycles. The number of hydrogen-bond acceptors (Lipinski definition) is 5. The Balaban J connectivity index is 1.27. The Kier molecular flexibility index (Phi) is 7.58. The van der Waals surface area contributed by atoms with Crippen LogP contribution in [-0.2, 0) is 29.0 Å². The molecular formula is C30H27F2N5O2. The second-order valence-electron chi connectivity index (χ2n) is 9.47. The number of Topliss-reactive ketones (excluding diaryl/α,β-unsaturated/α-hetero) is 1. The molecule has 2 aromatic heterocycles. The molecule has 0 saturated carbocycles. The van der Waals surface area contributed by atoms with Crippen LogP contribution in [0.4, 0.5) is 14.6 Å². The van der Waals surface area contributed by atoms with Gasteiger partial charge in [-0.3, -0.25) is 9.59 Å². The number of aromatic nitrogens is 3. The molecule has 1 atom stereocenters. The highest BCUT2D eigenvalue weighted by molar-refractivity contribution is 5.92. The van der Waals surface area contributed by atoms with Gasteiger partial charge in [-0.05, 0) is 59.7 Å². The van der Waals surface area contributed by atoms with Gasteiger partial charge in [0, 0.05) is 31.0 Å². The summed E-state index contributed by atoms with van der Waals surface area (Å²) in [7, 11) is 0. The molecule has 7 nitrogen and oxygen atoms in total. The van der Waals surface area contributed by atoms with Crippen LogP contribution in [0.25, 0.3) is 21.8 Å². The number of rotatable bonds is 10. The number of benzene rings is 3. The van der Waals surface area contributed by atoms with Crippen LogP contribution in [0.3, 0.4) is 0 Å². The van der Waals surface area contributed by atoms with Crippen molar-refractivity contribution in [2.24, 2.45) is 0 Å². The standard InChI is InChI=1S/C30H27F2N5O2/c31-23-9-6-20(16-24(23)32)17-26(36-29(39)12-14-37-18-35-25-3-1-2-4-27(25)37)28(38)10-7-19-5-8-22-21(15-19)11-13-34-30(22)33/h1-6,8-9,11,13,15-16,18,26H,7,10,12,14,17H2,(H2,33,34)(H,36,39)/t26-/m0/s1. The quantitative estimate of drug-likeness (QED) is 0.273. The summed E-state index contributed by atoms with van der Waals surface area (Å²) < 4.78 is 29.2. The lowest BCUT2D eigenvalue weighted by Gasteiger charge is -2.18. The highest BCUT2D eigenvalue weighted by Crippen LogP contribution is 2.21. The van der Waals surface area contributed by atoms with E-state index in [1.165, 1.54) is 6.07 Å². The molecule has 5 aromatic rings. The van der Waals surface area contributed by atoms with E-state index in [-0.39, 0.29) is 31.0 Å². The maximum Gasteiger partial charge on any atom is 0.222 e. The first-order valence-electron chi connectivity index (χ1n) is 12.7. The number of aryl methyl sites for hydroxylation is 2. The number of ketones is 1. The number of nitrogen functional groups attached to an aromatic ring is 1. The van der Waals surface area contributed by atoms with E-state index in [1.807, 2.05) is 53.1 Å². The third-order valence-corrected chi connectivity index (χ3v) is 6.77. The zero-order valence-corrected chi connectivity index (χ0v) is 21.1. The lowest BCUT2D eigenvalue weighted by Crippen LogP contribution is -2.42. The van der Waals surface area contributed by atoms with Crippen molar-refractivity contribution in [1.29, 1.82) is 0 Å². The molecule has 5 rings (SSSR count). The average molecular weight is 528 g/mol. The molecule has 0 aliphatic rings. The number of pyridine rings is 1. The van der Waals surface area contributed by atoms with Crippen molar-refractivity contribution in [2.45, 2.75) is 38.3 Å². The van der Waals surface area contributed by atoms with Gasteiger partial charge in [0.15, 0.2) is 17.4 Å².